The minimum atomic E-state index is -0.821. The van der Waals surface area contributed by atoms with E-state index in [1.165, 1.54) is 0 Å². The molecule has 10 heavy (non-hydrogen) atoms. The van der Waals surface area contributed by atoms with Gasteiger partial charge in [0.05, 0.1) is 13.7 Å². The summed E-state index contributed by atoms with van der Waals surface area (Å²) in [6, 6.07) is 0. The smallest absolute Gasteiger partial charge is 0.416 e. The molecule has 0 spiro atoms. The summed E-state index contributed by atoms with van der Waals surface area (Å²) in [6.07, 6.45) is -1.62. The van der Waals surface area contributed by atoms with E-state index in [2.05, 4.69) is 9.47 Å². The van der Waals surface area contributed by atoms with E-state index >= 15 is 0 Å². The largest absolute Gasteiger partial charge is 0.453 e. The molecule has 0 aromatic carbocycles. The first-order chi connectivity index (χ1) is 4.70. The van der Waals surface area contributed by atoms with Crippen molar-refractivity contribution in [2.24, 2.45) is 0 Å². The second-order valence-electron chi connectivity index (χ2n) is 1.34. The second kappa shape index (κ2) is 4.60. The fraction of sp³-hybridized carbons (Fsp3) is 0.600. The molecule has 0 radical (unpaired) electrons. The Balaban J connectivity index is 3.47. The van der Waals surface area contributed by atoms with Crippen LogP contribution < -0.4 is 5.32 Å². The number of imide groups is 1. The number of methoxy groups -OCH3 is 1. The Kier molecular flexibility index (Phi) is 4.02. The summed E-state index contributed by atoms with van der Waals surface area (Å²) in [5, 5.41) is 1.81. The first kappa shape index (κ1) is 8.74. The number of rotatable bonds is 1. The molecule has 0 unspecified atom stereocenters. The lowest BCUT2D eigenvalue weighted by atomic mass is 10.9. The first-order valence-corrected chi connectivity index (χ1v) is 2.72. The highest BCUT2D eigenvalue weighted by Crippen LogP contribution is 1.77. The maximum Gasteiger partial charge on any atom is 0.416 e. The molecule has 0 aliphatic carbocycles. The number of carbonyl (C=O) groups excluding carboxylic acids is 2. The number of hydrogen-bond acceptors (Lipinski definition) is 4. The van der Waals surface area contributed by atoms with Crippen molar-refractivity contribution in [2.45, 2.75) is 6.92 Å². The van der Waals surface area contributed by atoms with Gasteiger partial charge in [-0.15, -0.1) is 0 Å². The van der Waals surface area contributed by atoms with Gasteiger partial charge in [0.25, 0.3) is 0 Å². The van der Waals surface area contributed by atoms with E-state index in [0.29, 0.717) is 0 Å². The van der Waals surface area contributed by atoms with Gasteiger partial charge in [0.15, 0.2) is 0 Å². The zero-order valence-electron chi connectivity index (χ0n) is 5.84. The standard InChI is InChI=1S/C5H9NO4/c1-3-10-5(8)6-4(7)9-2/h3H2,1-2H3,(H,6,7,8). The second-order valence-corrected chi connectivity index (χ2v) is 1.34. The molecule has 5 heteroatoms. The maximum absolute atomic E-state index is 10.4. The highest BCUT2D eigenvalue weighted by molar-refractivity contribution is 5.87. The van der Waals surface area contributed by atoms with Crippen molar-refractivity contribution in [3.8, 4) is 0 Å². The van der Waals surface area contributed by atoms with E-state index in [1.807, 2.05) is 5.32 Å². The van der Waals surface area contributed by atoms with Crippen LogP contribution in [-0.4, -0.2) is 25.9 Å². The molecule has 5 nitrogen and oxygen atoms in total. The van der Waals surface area contributed by atoms with Gasteiger partial charge in [-0.2, -0.15) is 0 Å². The highest BCUT2D eigenvalue weighted by atomic mass is 16.6. The Morgan fingerprint density at radius 2 is 2.00 bits per heavy atom. The predicted octanol–water partition coefficient (Wildman–Crippen LogP) is 0.499. The van der Waals surface area contributed by atoms with Gasteiger partial charge in [0.1, 0.15) is 0 Å². The van der Waals surface area contributed by atoms with Gasteiger partial charge in [0.2, 0.25) is 0 Å². The summed E-state index contributed by atoms with van der Waals surface area (Å²) in [5.41, 5.74) is 0. The number of nitrogens with one attached hydrogen (secondary N) is 1. The van der Waals surface area contributed by atoms with E-state index in [9.17, 15) is 9.59 Å². The number of hydrogen-bond donors (Lipinski definition) is 1. The molecule has 0 saturated heterocycles. The Morgan fingerprint density at radius 3 is 2.40 bits per heavy atom. The molecule has 0 heterocycles. The van der Waals surface area contributed by atoms with Gasteiger partial charge < -0.3 is 9.47 Å². The Labute approximate surface area is 58.3 Å². The maximum atomic E-state index is 10.4. The van der Waals surface area contributed by atoms with Crippen molar-refractivity contribution in [1.82, 2.24) is 5.32 Å². The molecular formula is C5H9NO4. The van der Waals surface area contributed by atoms with E-state index in [1.54, 1.807) is 6.92 Å². The van der Waals surface area contributed by atoms with Crippen LogP contribution in [0.15, 0.2) is 0 Å². The molecular weight excluding hydrogens is 138 g/mol. The van der Waals surface area contributed by atoms with Gasteiger partial charge in [-0.1, -0.05) is 0 Å². The van der Waals surface area contributed by atoms with E-state index < -0.39 is 12.2 Å². The highest BCUT2D eigenvalue weighted by Gasteiger charge is 2.05. The van der Waals surface area contributed by atoms with Crippen molar-refractivity contribution >= 4 is 12.2 Å². The molecule has 1 N–H and O–H groups in total. The SMILES string of the molecule is CCOC(=O)NC(=O)OC. The molecule has 0 atom stereocenters. The molecule has 0 aliphatic heterocycles. The van der Waals surface area contributed by atoms with Crippen LogP contribution in [0.4, 0.5) is 9.59 Å². The van der Waals surface area contributed by atoms with Crippen LogP contribution in [0.1, 0.15) is 6.92 Å². The van der Waals surface area contributed by atoms with Crippen molar-refractivity contribution in [3.05, 3.63) is 0 Å². The molecule has 0 aliphatic rings. The topological polar surface area (TPSA) is 64.6 Å². The lowest BCUT2D eigenvalue weighted by Crippen LogP contribution is -2.30. The molecule has 0 bridgehead atoms. The Hall–Kier alpha value is -1.26. The lowest BCUT2D eigenvalue weighted by molar-refractivity contribution is 0.138. The molecule has 0 saturated carbocycles. The Morgan fingerprint density at radius 1 is 1.40 bits per heavy atom. The molecule has 0 aromatic heterocycles. The summed E-state index contributed by atoms with van der Waals surface area (Å²) in [4.78, 5) is 20.6. The van der Waals surface area contributed by atoms with Crippen LogP contribution in [0.25, 0.3) is 0 Å². The van der Waals surface area contributed by atoms with Crippen LogP contribution in [0, 0.1) is 0 Å². The lowest BCUT2D eigenvalue weighted by Gasteiger charge is -2.00. The zero-order valence-corrected chi connectivity index (χ0v) is 5.84. The minimum Gasteiger partial charge on any atom is -0.453 e. The number of ether oxygens (including phenoxy) is 2. The fourth-order valence-electron chi connectivity index (χ4n) is 0.302. The summed E-state index contributed by atoms with van der Waals surface area (Å²) in [6.45, 7) is 1.86. The van der Waals surface area contributed by atoms with Crippen LogP contribution in [-0.2, 0) is 9.47 Å². The molecule has 0 fully saturated rings. The minimum absolute atomic E-state index is 0.225. The number of alkyl carbamates (subject to hydrolysis) is 2. The summed E-state index contributed by atoms with van der Waals surface area (Å²) in [7, 11) is 1.16. The van der Waals surface area contributed by atoms with Crippen LogP contribution in [0.2, 0.25) is 0 Å². The van der Waals surface area contributed by atoms with Crippen molar-refractivity contribution in [3.63, 3.8) is 0 Å². The van der Waals surface area contributed by atoms with Crippen LogP contribution in [0.3, 0.4) is 0 Å². The van der Waals surface area contributed by atoms with Crippen molar-refractivity contribution < 1.29 is 19.1 Å². The summed E-state index contributed by atoms with van der Waals surface area (Å²) < 4.78 is 8.48. The van der Waals surface area contributed by atoms with E-state index in [4.69, 9.17) is 0 Å². The van der Waals surface area contributed by atoms with Gasteiger partial charge in [-0.25, -0.2) is 14.9 Å². The van der Waals surface area contributed by atoms with E-state index in [-0.39, 0.29) is 6.61 Å². The van der Waals surface area contributed by atoms with Crippen molar-refractivity contribution in [2.75, 3.05) is 13.7 Å². The molecule has 0 rings (SSSR count). The summed E-state index contributed by atoms with van der Waals surface area (Å²) >= 11 is 0. The van der Waals surface area contributed by atoms with Crippen LogP contribution in [0.5, 0.6) is 0 Å². The quantitative estimate of drug-likeness (QED) is 0.586. The third-order valence-corrected chi connectivity index (χ3v) is 0.665. The van der Waals surface area contributed by atoms with Crippen LogP contribution >= 0.6 is 0 Å². The predicted molar refractivity (Wildman–Crippen MR) is 32.6 cm³/mol. The number of amides is 2. The third kappa shape index (κ3) is 3.71. The zero-order chi connectivity index (χ0) is 7.98. The average Bonchev–Trinajstić information content (AvgIpc) is 1.88. The summed E-state index contributed by atoms with van der Waals surface area (Å²) in [5.74, 6) is 0. The average molecular weight is 147 g/mol. The molecule has 0 aromatic rings. The van der Waals surface area contributed by atoms with E-state index in [0.717, 1.165) is 7.11 Å². The fourth-order valence-corrected chi connectivity index (χ4v) is 0.302. The number of carbonyl (C=O) groups is 2. The van der Waals surface area contributed by atoms with Gasteiger partial charge >= 0.3 is 12.2 Å². The Bertz CT molecular complexity index is 134. The van der Waals surface area contributed by atoms with Gasteiger partial charge in [-0.05, 0) is 6.92 Å². The molecule has 2 amide bonds. The van der Waals surface area contributed by atoms with Crippen molar-refractivity contribution in [1.29, 1.82) is 0 Å². The monoisotopic (exact) mass is 147 g/mol. The van der Waals surface area contributed by atoms with Gasteiger partial charge in [0, 0.05) is 0 Å². The third-order valence-electron chi connectivity index (χ3n) is 0.665. The molecule has 58 valence electrons. The first-order valence-electron chi connectivity index (χ1n) is 2.72. The normalized spacial score (nSPS) is 8.20. The van der Waals surface area contributed by atoms with Gasteiger partial charge in [-0.3, -0.25) is 0 Å².